The predicted octanol–water partition coefficient (Wildman–Crippen LogP) is 9.41. The van der Waals surface area contributed by atoms with E-state index < -0.39 is 6.04 Å². The molecule has 3 unspecified atom stereocenters. The topological polar surface area (TPSA) is 138 Å². The third-order valence-electron chi connectivity index (χ3n) is 9.31. The second-order valence-corrected chi connectivity index (χ2v) is 13.9. The van der Waals surface area contributed by atoms with Crippen LogP contribution in [0, 0.1) is 0 Å². The molecule has 1 amide bonds. The fourth-order valence-electron chi connectivity index (χ4n) is 6.10. The van der Waals surface area contributed by atoms with E-state index in [4.69, 9.17) is 26.7 Å². The zero-order valence-corrected chi connectivity index (χ0v) is 31.7. The highest BCUT2D eigenvalue weighted by Gasteiger charge is 2.24. The van der Waals surface area contributed by atoms with Gasteiger partial charge in [-0.3, -0.25) is 9.79 Å². The first-order valence-corrected chi connectivity index (χ1v) is 20.2. The van der Waals surface area contributed by atoms with Gasteiger partial charge in [0.25, 0.3) is 0 Å². The van der Waals surface area contributed by atoms with E-state index in [-0.39, 0.29) is 30.3 Å². The van der Waals surface area contributed by atoms with Crippen molar-refractivity contribution in [3.8, 4) is 0 Å². The summed E-state index contributed by atoms with van der Waals surface area (Å²) in [5, 5.41) is 3.04. The standard InChI is InChI=1S/C39H81N5O3/c1-5-8-10-12-14-16-18-19-20-21-23-25-27-31-36(34(4)46-33-28-26-24-22-17-15-13-11-9-6-2)47-37(7-3)44-38(45)35(40)30-29-32-43-39(41)42/h34-37H,5-33,40H2,1-4H3,(H,44,45)(H4,41,42,43)/t34?,35-,36?,37?/m0/s1. The molecule has 0 saturated carbocycles. The van der Waals surface area contributed by atoms with E-state index in [1.54, 1.807) is 0 Å². The summed E-state index contributed by atoms with van der Waals surface area (Å²) in [5.41, 5.74) is 16.9. The van der Waals surface area contributed by atoms with E-state index in [0.717, 1.165) is 25.9 Å². The Morgan fingerprint density at radius 3 is 1.53 bits per heavy atom. The molecule has 0 aromatic carbocycles. The average Bonchev–Trinajstić information content (AvgIpc) is 3.06. The molecule has 0 rings (SSSR count). The van der Waals surface area contributed by atoms with Gasteiger partial charge >= 0.3 is 0 Å². The van der Waals surface area contributed by atoms with Crippen molar-refractivity contribution in [2.24, 2.45) is 22.2 Å². The van der Waals surface area contributed by atoms with Crippen molar-refractivity contribution < 1.29 is 14.3 Å². The van der Waals surface area contributed by atoms with E-state index in [1.807, 2.05) is 6.92 Å². The Bertz CT molecular complexity index is 704. The molecule has 8 nitrogen and oxygen atoms in total. The number of guanidine groups is 1. The van der Waals surface area contributed by atoms with Gasteiger partial charge < -0.3 is 32.0 Å². The molecule has 280 valence electrons. The fourth-order valence-corrected chi connectivity index (χ4v) is 6.10. The minimum absolute atomic E-state index is 0.0231. The molecule has 0 fully saturated rings. The van der Waals surface area contributed by atoms with Gasteiger partial charge in [-0.2, -0.15) is 0 Å². The molecule has 0 radical (unpaired) electrons. The fraction of sp³-hybridized carbons (Fsp3) is 0.949. The van der Waals surface area contributed by atoms with Crippen molar-refractivity contribution in [1.29, 1.82) is 0 Å². The summed E-state index contributed by atoms with van der Waals surface area (Å²) in [6.45, 7) is 9.95. The first-order valence-electron chi connectivity index (χ1n) is 20.2. The second-order valence-electron chi connectivity index (χ2n) is 13.9. The minimum Gasteiger partial charge on any atom is -0.376 e. The molecule has 7 N–H and O–H groups in total. The van der Waals surface area contributed by atoms with E-state index in [0.29, 0.717) is 25.8 Å². The van der Waals surface area contributed by atoms with Crippen LogP contribution in [0.4, 0.5) is 0 Å². The Hall–Kier alpha value is -1.38. The van der Waals surface area contributed by atoms with Crippen molar-refractivity contribution >= 4 is 11.9 Å². The molecule has 0 aliphatic carbocycles. The number of nitrogens with zero attached hydrogens (tertiary/aromatic N) is 1. The number of nitrogens with two attached hydrogens (primary N) is 3. The summed E-state index contributed by atoms with van der Waals surface area (Å²) in [4.78, 5) is 16.8. The number of rotatable bonds is 36. The lowest BCUT2D eigenvalue weighted by Gasteiger charge is -2.30. The molecule has 0 aliphatic rings. The molecule has 0 heterocycles. The van der Waals surface area contributed by atoms with Crippen molar-refractivity contribution in [1.82, 2.24) is 5.32 Å². The van der Waals surface area contributed by atoms with E-state index in [9.17, 15) is 4.79 Å². The molecule has 0 aliphatic heterocycles. The summed E-state index contributed by atoms with van der Waals surface area (Å²) in [6.07, 6.45) is 32.8. The van der Waals surface area contributed by atoms with Gasteiger partial charge in [0.1, 0.15) is 6.23 Å². The van der Waals surface area contributed by atoms with Gasteiger partial charge in [-0.1, -0.05) is 162 Å². The van der Waals surface area contributed by atoms with Crippen molar-refractivity contribution in [2.75, 3.05) is 13.2 Å². The summed E-state index contributed by atoms with van der Waals surface area (Å²) >= 11 is 0. The maximum atomic E-state index is 12.8. The van der Waals surface area contributed by atoms with Crippen LogP contribution in [-0.2, 0) is 14.3 Å². The number of amides is 1. The van der Waals surface area contributed by atoms with Gasteiger partial charge in [0.15, 0.2) is 5.96 Å². The third-order valence-corrected chi connectivity index (χ3v) is 9.31. The van der Waals surface area contributed by atoms with Crippen molar-refractivity contribution in [3.63, 3.8) is 0 Å². The lowest BCUT2D eigenvalue weighted by atomic mass is 10.0. The quantitative estimate of drug-likeness (QED) is 0.0227. The molecule has 0 aromatic heterocycles. The average molecular weight is 668 g/mol. The molecular formula is C39H81N5O3. The molecule has 0 bridgehead atoms. The van der Waals surface area contributed by atoms with Crippen LogP contribution in [0.5, 0.6) is 0 Å². The van der Waals surface area contributed by atoms with Crippen LogP contribution in [0.15, 0.2) is 4.99 Å². The minimum atomic E-state index is -0.619. The number of nitrogens with one attached hydrogen (secondary N) is 1. The molecule has 0 saturated heterocycles. The maximum Gasteiger partial charge on any atom is 0.238 e. The lowest BCUT2D eigenvalue weighted by Crippen LogP contribution is -2.48. The summed E-state index contributed by atoms with van der Waals surface area (Å²) < 4.78 is 12.9. The molecular weight excluding hydrogens is 586 g/mol. The summed E-state index contributed by atoms with van der Waals surface area (Å²) in [7, 11) is 0. The number of hydrogen-bond donors (Lipinski definition) is 4. The Kier molecular flexibility index (Phi) is 33.5. The van der Waals surface area contributed by atoms with Crippen LogP contribution in [0.3, 0.4) is 0 Å². The Labute approximate surface area is 291 Å². The smallest absolute Gasteiger partial charge is 0.238 e. The molecule has 4 atom stereocenters. The first-order chi connectivity index (χ1) is 22.8. The zero-order valence-electron chi connectivity index (χ0n) is 31.7. The Morgan fingerprint density at radius 1 is 0.638 bits per heavy atom. The highest BCUT2D eigenvalue weighted by Crippen LogP contribution is 2.19. The number of unbranched alkanes of at least 4 members (excludes halogenated alkanes) is 21. The third kappa shape index (κ3) is 30.4. The number of ether oxygens (including phenoxy) is 2. The van der Waals surface area contributed by atoms with Crippen LogP contribution in [0.25, 0.3) is 0 Å². The van der Waals surface area contributed by atoms with E-state index in [2.05, 4.69) is 31.1 Å². The highest BCUT2D eigenvalue weighted by molar-refractivity contribution is 5.81. The second kappa shape index (κ2) is 34.5. The summed E-state index contributed by atoms with van der Waals surface area (Å²) in [6, 6.07) is -0.619. The normalized spacial score (nSPS) is 14.1. The molecule has 0 spiro atoms. The van der Waals surface area contributed by atoms with E-state index >= 15 is 0 Å². The lowest BCUT2D eigenvalue weighted by molar-refractivity contribution is -0.136. The van der Waals surface area contributed by atoms with Gasteiger partial charge in [0.05, 0.1) is 18.2 Å². The van der Waals surface area contributed by atoms with Gasteiger partial charge in [-0.25, -0.2) is 0 Å². The Balaban J connectivity index is 4.59. The maximum absolute atomic E-state index is 12.8. The molecule has 0 aromatic rings. The first kappa shape index (κ1) is 45.6. The number of hydrogen-bond acceptors (Lipinski definition) is 5. The van der Waals surface area contributed by atoms with Crippen molar-refractivity contribution in [3.05, 3.63) is 0 Å². The molecule has 8 heteroatoms. The van der Waals surface area contributed by atoms with Crippen LogP contribution < -0.4 is 22.5 Å². The van der Waals surface area contributed by atoms with Crippen LogP contribution >= 0.6 is 0 Å². The zero-order chi connectivity index (χ0) is 34.8. The Morgan fingerprint density at radius 2 is 1.09 bits per heavy atom. The van der Waals surface area contributed by atoms with E-state index in [1.165, 1.54) is 135 Å². The van der Waals surface area contributed by atoms with Crippen LogP contribution in [0.2, 0.25) is 0 Å². The highest BCUT2D eigenvalue weighted by atomic mass is 16.6. The monoisotopic (exact) mass is 668 g/mol. The largest absolute Gasteiger partial charge is 0.376 e. The molecule has 47 heavy (non-hydrogen) atoms. The van der Waals surface area contributed by atoms with Crippen LogP contribution in [-0.4, -0.2) is 49.5 Å². The van der Waals surface area contributed by atoms with Gasteiger partial charge in [0.2, 0.25) is 5.91 Å². The number of carbonyl (C=O) groups excluding carboxylic acids is 1. The van der Waals surface area contributed by atoms with Gasteiger partial charge in [0, 0.05) is 13.2 Å². The number of carbonyl (C=O) groups is 1. The number of aliphatic imine (C=N–C) groups is 1. The van der Waals surface area contributed by atoms with Gasteiger partial charge in [-0.05, 0) is 39.0 Å². The van der Waals surface area contributed by atoms with Gasteiger partial charge in [-0.15, -0.1) is 0 Å². The predicted molar refractivity (Wildman–Crippen MR) is 203 cm³/mol. The summed E-state index contributed by atoms with van der Waals surface area (Å²) in [5.74, 6) is -0.137. The van der Waals surface area contributed by atoms with Crippen LogP contribution in [0.1, 0.15) is 201 Å². The van der Waals surface area contributed by atoms with Crippen molar-refractivity contribution in [2.45, 2.75) is 226 Å². The SMILES string of the molecule is CCCCCCCCCCCCCCCC(OC(CC)NC(=O)[C@@H](N)CCCN=C(N)N)C(C)OCCCCCCCCCCCC.